The van der Waals surface area contributed by atoms with Crippen LogP contribution in [0, 0.1) is 0 Å². The summed E-state index contributed by atoms with van der Waals surface area (Å²) < 4.78 is 56.3. The maximum atomic E-state index is 13.0. The van der Waals surface area contributed by atoms with Crippen molar-refractivity contribution in [1.82, 2.24) is 19.4 Å². The van der Waals surface area contributed by atoms with E-state index in [4.69, 9.17) is 9.47 Å². The molecule has 0 aliphatic carbocycles. The fraction of sp³-hybridized carbons (Fsp3) is 0.417. The lowest BCUT2D eigenvalue weighted by molar-refractivity contribution is -0.193. The number of aromatic nitrogens is 2. The van der Waals surface area contributed by atoms with Crippen LogP contribution in [0.5, 0.6) is 11.5 Å². The molecule has 46 heavy (non-hydrogen) atoms. The van der Waals surface area contributed by atoms with E-state index in [9.17, 15) is 18.0 Å². The Morgan fingerprint density at radius 2 is 1.15 bits per heavy atom. The number of carbonyl (C=O) groups excluding carboxylic acids is 1. The number of rotatable bonds is 0. The molecule has 6 aliphatic heterocycles. The summed E-state index contributed by atoms with van der Waals surface area (Å²) in [5.41, 5.74) is 3.56. The molecule has 1 amide bonds. The third-order valence-corrected chi connectivity index (χ3v) is 11.0. The van der Waals surface area contributed by atoms with Gasteiger partial charge >= 0.3 is 12.1 Å². The van der Waals surface area contributed by atoms with E-state index >= 15 is 0 Å². The summed E-state index contributed by atoms with van der Waals surface area (Å²) in [6.45, 7) is 0. The topological polar surface area (TPSA) is 60.7 Å². The second-order valence-corrected chi connectivity index (χ2v) is 13.7. The standard InChI is InChI=1S/C19H17F3N2O2.C17H18N2O/c20-19(21,22)17(25)24-12-7-8-13(24)11-18(10-12)16-6-3-9-23(16)14-4-1-2-5-15(14)26-18;1-2-5-15-14(4-1)19-9-3-6-16(19)17(20-15)10-12-7-8-13(11-17)18-12/h1-6,9,12-13H,7-8,10-11H2;1-6,9,12-13,18H,7-8,10-11H2. The summed E-state index contributed by atoms with van der Waals surface area (Å²) in [5.74, 6) is 0.0372. The maximum absolute atomic E-state index is 13.0. The molecular formula is C36H35F3N4O3. The number of piperidine rings is 2. The number of amides is 1. The monoisotopic (exact) mass is 628 g/mol. The van der Waals surface area contributed by atoms with Gasteiger partial charge in [-0.05, 0) is 74.2 Å². The minimum absolute atomic E-state index is 0.130. The highest BCUT2D eigenvalue weighted by Crippen LogP contribution is 2.52. The predicted molar refractivity (Wildman–Crippen MR) is 164 cm³/mol. The molecule has 2 aromatic heterocycles. The molecule has 4 atom stereocenters. The number of alkyl halides is 3. The van der Waals surface area contributed by atoms with Gasteiger partial charge in [0, 0.05) is 62.2 Å². The summed E-state index contributed by atoms with van der Waals surface area (Å²) in [4.78, 5) is 13.0. The van der Waals surface area contributed by atoms with Gasteiger partial charge in [-0.1, -0.05) is 24.3 Å². The molecule has 4 bridgehead atoms. The van der Waals surface area contributed by atoms with Crippen molar-refractivity contribution in [2.45, 2.75) is 92.9 Å². The molecule has 6 aliphatic rings. The van der Waals surface area contributed by atoms with E-state index in [1.165, 1.54) is 24.2 Å². The lowest BCUT2D eigenvalue weighted by atomic mass is 9.82. The zero-order valence-corrected chi connectivity index (χ0v) is 25.2. The van der Waals surface area contributed by atoms with Crippen LogP contribution in [-0.2, 0) is 16.0 Å². The fourth-order valence-electron chi connectivity index (χ4n) is 9.31. The quantitative estimate of drug-likeness (QED) is 0.234. The van der Waals surface area contributed by atoms with Crippen molar-refractivity contribution in [1.29, 1.82) is 0 Å². The minimum Gasteiger partial charge on any atom is -0.479 e. The first-order valence-electron chi connectivity index (χ1n) is 16.3. The molecule has 7 nitrogen and oxygen atoms in total. The van der Waals surface area contributed by atoms with Crippen LogP contribution in [0.3, 0.4) is 0 Å². The van der Waals surface area contributed by atoms with Crippen molar-refractivity contribution in [3.63, 3.8) is 0 Å². The van der Waals surface area contributed by atoms with Crippen LogP contribution in [0.1, 0.15) is 62.8 Å². The summed E-state index contributed by atoms with van der Waals surface area (Å²) >= 11 is 0. The number of hydrogen-bond acceptors (Lipinski definition) is 4. The zero-order chi connectivity index (χ0) is 31.3. The Kier molecular flexibility index (Phi) is 6.05. The molecule has 4 aromatic rings. The Balaban J connectivity index is 0.000000131. The van der Waals surface area contributed by atoms with Gasteiger partial charge in [-0.3, -0.25) is 4.79 Å². The Morgan fingerprint density at radius 3 is 1.65 bits per heavy atom. The van der Waals surface area contributed by atoms with Crippen LogP contribution in [0.15, 0.2) is 85.2 Å². The van der Waals surface area contributed by atoms with Crippen LogP contribution in [-0.4, -0.2) is 50.3 Å². The molecule has 2 spiro atoms. The van der Waals surface area contributed by atoms with Crippen LogP contribution in [0.4, 0.5) is 13.2 Å². The molecule has 4 fully saturated rings. The van der Waals surface area contributed by atoms with Crippen LogP contribution in [0.2, 0.25) is 0 Å². The van der Waals surface area contributed by atoms with Crippen LogP contribution < -0.4 is 14.8 Å². The van der Waals surface area contributed by atoms with Gasteiger partial charge in [0.25, 0.3) is 0 Å². The highest BCUT2D eigenvalue weighted by atomic mass is 19.4. The highest BCUT2D eigenvalue weighted by molar-refractivity contribution is 5.83. The molecule has 10 heteroatoms. The Labute approximate surface area is 264 Å². The van der Waals surface area contributed by atoms with E-state index in [-0.39, 0.29) is 5.60 Å². The van der Waals surface area contributed by atoms with Crippen molar-refractivity contribution in [2.24, 2.45) is 0 Å². The van der Waals surface area contributed by atoms with Gasteiger partial charge in [-0.25, -0.2) is 0 Å². The summed E-state index contributed by atoms with van der Waals surface area (Å²) in [7, 11) is 0. The fourth-order valence-corrected chi connectivity index (χ4v) is 9.31. The van der Waals surface area contributed by atoms with Crippen molar-refractivity contribution >= 4 is 5.91 Å². The van der Waals surface area contributed by atoms with Gasteiger partial charge in [-0.15, -0.1) is 0 Å². The number of ether oxygens (including phenoxy) is 2. The third kappa shape index (κ3) is 4.18. The number of fused-ring (bicyclic) bond motifs is 12. The molecule has 4 saturated heterocycles. The number of para-hydroxylation sites is 4. The first-order valence-corrected chi connectivity index (χ1v) is 16.3. The van der Waals surface area contributed by atoms with Crippen molar-refractivity contribution in [2.75, 3.05) is 0 Å². The SMILES string of the molecule is O=C(N1C2CCC1CC1(C2)Oc2ccccc2-n2cccc21)C(F)(F)F.c1ccc2c(c1)OC1(CC3CCC(C1)N3)c1cccn1-2. The summed E-state index contributed by atoms with van der Waals surface area (Å²) in [5, 5.41) is 3.72. The van der Waals surface area contributed by atoms with Gasteiger partial charge in [-0.2, -0.15) is 13.2 Å². The van der Waals surface area contributed by atoms with E-state index in [2.05, 4.69) is 57.0 Å². The summed E-state index contributed by atoms with van der Waals surface area (Å²) in [6, 6.07) is 24.7. The lowest BCUT2D eigenvalue weighted by Gasteiger charge is -2.48. The van der Waals surface area contributed by atoms with Crippen LogP contribution >= 0.6 is 0 Å². The van der Waals surface area contributed by atoms with E-state index in [1.807, 2.05) is 42.6 Å². The Morgan fingerprint density at radius 1 is 0.674 bits per heavy atom. The number of hydrogen-bond donors (Lipinski definition) is 1. The molecule has 4 unspecified atom stereocenters. The average molecular weight is 629 g/mol. The Hall–Kier alpha value is -4.18. The van der Waals surface area contributed by atoms with Gasteiger partial charge in [0.05, 0.1) is 22.8 Å². The third-order valence-electron chi connectivity index (χ3n) is 11.0. The van der Waals surface area contributed by atoms with E-state index in [1.54, 1.807) is 0 Å². The van der Waals surface area contributed by atoms with E-state index in [0.717, 1.165) is 40.6 Å². The van der Waals surface area contributed by atoms with Crippen LogP contribution in [0.25, 0.3) is 11.4 Å². The molecule has 0 saturated carbocycles. The minimum atomic E-state index is -4.83. The van der Waals surface area contributed by atoms with Gasteiger partial charge in [0.15, 0.2) is 11.2 Å². The maximum Gasteiger partial charge on any atom is 0.471 e. The second kappa shape index (κ2) is 9.91. The molecular weight excluding hydrogens is 593 g/mol. The number of carbonyl (C=O) groups is 1. The van der Waals surface area contributed by atoms with Crippen molar-refractivity contribution in [3.8, 4) is 22.9 Å². The highest BCUT2D eigenvalue weighted by Gasteiger charge is 2.58. The molecule has 2 aromatic carbocycles. The molecule has 8 heterocycles. The van der Waals surface area contributed by atoms with Gasteiger partial charge in [0.1, 0.15) is 11.5 Å². The normalized spacial score (nSPS) is 31.2. The smallest absolute Gasteiger partial charge is 0.471 e. The number of nitrogens with one attached hydrogen (secondary N) is 1. The lowest BCUT2D eigenvalue weighted by Crippen LogP contribution is -2.57. The molecule has 1 N–H and O–H groups in total. The molecule has 238 valence electrons. The zero-order valence-electron chi connectivity index (χ0n) is 25.2. The van der Waals surface area contributed by atoms with Gasteiger partial charge < -0.3 is 28.8 Å². The number of benzene rings is 2. The largest absolute Gasteiger partial charge is 0.479 e. The average Bonchev–Trinajstić information content (AvgIpc) is 3.84. The second-order valence-electron chi connectivity index (χ2n) is 13.7. The molecule has 0 radical (unpaired) electrons. The number of halogens is 3. The van der Waals surface area contributed by atoms with Crippen molar-refractivity contribution in [3.05, 3.63) is 96.6 Å². The van der Waals surface area contributed by atoms with E-state index in [0.29, 0.717) is 37.8 Å². The first-order chi connectivity index (χ1) is 22.2. The summed E-state index contributed by atoms with van der Waals surface area (Å²) in [6.07, 6.45) is 5.97. The molecule has 10 rings (SSSR count). The Bertz CT molecular complexity index is 1800. The van der Waals surface area contributed by atoms with E-state index < -0.39 is 29.8 Å². The van der Waals surface area contributed by atoms with Crippen molar-refractivity contribution < 1.29 is 27.4 Å². The first kappa shape index (κ1) is 28.1. The number of nitrogens with zero attached hydrogens (tertiary/aromatic N) is 3. The van der Waals surface area contributed by atoms with Gasteiger partial charge in [0.2, 0.25) is 0 Å². The predicted octanol–water partition coefficient (Wildman–Crippen LogP) is 6.76.